The molecule has 3 unspecified atom stereocenters. The maximum absolute atomic E-state index is 13.1. The van der Waals surface area contributed by atoms with Crippen LogP contribution < -0.4 is 27.4 Å². The number of thioether (sulfide) groups is 1. The predicted molar refractivity (Wildman–Crippen MR) is 136 cm³/mol. The number of primary amides is 1. The van der Waals surface area contributed by atoms with E-state index in [-0.39, 0.29) is 19.3 Å². The summed E-state index contributed by atoms with van der Waals surface area (Å²) < 4.78 is 0. The lowest BCUT2D eigenvalue weighted by Crippen LogP contribution is -2.56. The summed E-state index contributed by atoms with van der Waals surface area (Å²) in [4.78, 5) is 63.8. The molecule has 0 aliphatic carbocycles. The molecule has 3 atom stereocenters. The lowest BCUT2D eigenvalue weighted by Gasteiger charge is -2.24. The molecule has 1 aromatic heterocycles. The summed E-state index contributed by atoms with van der Waals surface area (Å²) in [6.07, 6.45) is 3.72. The summed E-state index contributed by atoms with van der Waals surface area (Å²) in [6, 6.07) is 4.18. The molecule has 0 saturated heterocycles. The highest BCUT2D eigenvalue weighted by molar-refractivity contribution is 7.98. The molecular formula is C23H32N6O6S. The smallest absolute Gasteiger partial charge is 0.322 e. The SMILES string of the molecule is CSCCC(N)C(=O)NC(CCC(N)=O)C(=O)NC(Cc1c[nH]c2ccccc12)C(=O)NCC(=O)O. The van der Waals surface area contributed by atoms with Gasteiger partial charge in [0.15, 0.2) is 0 Å². The average molecular weight is 521 g/mol. The van der Waals surface area contributed by atoms with Gasteiger partial charge in [0.2, 0.25) is 23.6 Å². The Morgan fingerprint density at radius 1 is 1.03 bits per heavy atom. The summed E-state index contributed by atoms with van der Waals surface area (Å²) in [5.41, 5.74) is 12.7. The van der Waals surface area contributed by atoms with E-state index in [1.807, 2.05) is 30.5 Å². The van der Waals surface area contributed by atoms with Gasteiger partial charge >= 0.3 is 5.97 Å². The molecule has 9 N–H and O–H groups in total. The van der Waals surface area contributed by atoms with E-state index in [9.17, 15) is 24.0 Å². The second-order valence-electron chi connectivity index (χ2n) is 8.19. The second kappa shape index (κ2) is 14.1. The number of hydrogen-bond acceptors (Lipinski definition) is 7. The Hall–Kier alpha value is -3.58. The number of amides is 4. The van der Waals surface area contributed by atoms with E-state index in [1.165, 1.54) is 11.8 Å². The minimum Gasteiger partial charge on any atom is -0.480 e. The lowest BCUT2D eigenvalue weighted by atomic mass is 10.0. The van der Waals surface area contributed by atoms with Crippen LogP contribution >= 0.6 is 11.8 Å². The van der Waals surface area contributed by atoms with Crippen LogP contribution in [0.15, 0.2) is 30.5 Å². The number of carboxylic acid groups (broad SMARTS) is 1. The predicted octanol–water partition coefficient (Wildman–Crippen LogP) is -0.773. The number of H-pyrrole nitrogens is 1. The normalized spacial score (nSPS) is 13.4. The van der Waals surface area contributed by atoms with Crippen molar-refractivity contribution in [1.82, 2.24) is 20.9 Å². The number of nitrogens with two attached hydrogens (primary N) is 2. The first-order valence-electron chi connectivity index (χ1n) is 11.3. The lowest BCUT2D eigenvalue weighted by molar-refractivity contribution is -0.138. The maximum atomic E-state index is 13.1. The number of aromatic amines is 1. The molecule has 0 fully saturated rings. The summed E-state index contributed by atoms with van der Waals surface area (Å²) >= 11 is 1.52. The van der Waals surface area contributed by atoms with Gasteiger partial charge in [-0.15, -0.1) is 0 Å². The number of carboxylic acids is 1. The number of benzene rings is 1. The van der Waals surface area contributed by atoms with E-state index in [0.717, 1.165) is 16.5 Å². The number of carbonyl (C=O) groups is 5. The van der Waals surface area contributed by atoms with Gasteiger partial charge in [0, 0.05) is 29.9 Å². The van der Waals surface area contributed by atoms with Crippen LogP contribution in [0.1, 0.15) is 24.8 Å². The van der Waals surface area contributed by atoms with Crippen LogP contribution in [0.25, 0.3) is 10.9 Å². The van der Waals surface area contributed by atoms with Gasteiger partial charge < -0.3 is 37.5 Å². The van der Waals surface area contributed by atoms with Crippen LogP contribution in [0.4, 0.5) is 0 Å². The Bertz CT molecular complexity index is 1090. The molecule has 0 radical (unpaired) electrons. The fraction of sp³-hybridized carbons (Fsp3) is 0.435. The third-order valence-corrected chi connectivity index (χ3v) is 6.07. The zero-order valence-electron chi connectivity index (χ0n) is 19.9. The molecule has 0 aliphatic rings. The summed E-state index contributed by atoms with van der Waals surface area (Å²) in [7, 11) is 0. The first kappa shape index (κ1) is 28.7. The largest absolute Gasteiger partial charge is 0.480 e. The minimum absolute atomic E-state index is 0.0466. The van der Waals surface area contributed by atoms with E-state index in [0.29, 0.717) is 12.2 Å². The Morgan fingerprint density at radius 3 is 2.39 bits per heavy atom. The highest BCUT2D eigenvalue weighted by Gasteiger charge is 2.29. The third-order valence-electron chi connectivity index (χ3n) is 5.43. The zero-order valence-corrected chi connectivity index (χ0v) is 20.7. The Kier molecular flexibility index (Phi) is 11.2. The van der Waals surface area contributed by atoms with E-state index in [2.05, 4.69) is 20.9 Å². The van der Waals surface area contributed by atoms with Crippen molar-refractivity contribution in [1.29, 1.82) is 0 Å². The van der Waals surface area contributed by atoms with Crippen molar-refractivity contribution in [2.24, 2.45) is 11.5 Å². The van der Waals surface area contributed by atoms with Crippen molar-refractivity contribution in [2.75, 3.05) is 18.6 Å². The number of carbonyl (C=O) groups excluding carboxylic acids is 4. The van der Waals surface area contributed by atoms with Crippen molar-refractivity contribution < 1.29 is 29.1 Å². The first-order chi connectivity index (χ1) is 17.1. The number of para-hydroxylation sites is 1. The maximum Gasteiger partial charge on any atom is 0.322 e. The van der Waals surface area contributed by atoms with Crippen molar-refractivity contribution in [3.8, 4) is 0 Å². The quantitative estimate of drug-likeness (QED) is 0.158. The minimum atomic E-state index is -1.24. The van der Waals surface area contributed by atoms with Gasteiger partial charge in [-0.25, -0.2) is 0 Å². The van der Waals surface area contributed by atoms with Gasteiger partial charge in [-0.3, -0.25) is 24.0 Å². The van der Waals surface area contributed by atoms with Crippen molar-refractivity contribution >= 4 is 52.3 Å². The van der Waals surface area contributed by atoms with Crippen LogP contribution in [0.3, 0.4) is 0 Å². The summed E-state index contributed by atoms with van der Waals surface area (Å²) in [5, 5.41) is 17.2. The van der Waals surface area contributed by atoms with Crippen molar-refractivity contribution in [2.45, 2.75) is 43.8 Å². The highest BCUT2D eigenvalue weighted by atomic mass is 32.2. The van der Waals surface area contributed by atoms with Gasteiger partial charge in [-0.1, -0.05) is 18.2 Å². The van der Waals surface area contributed by atoms with E-state index < -0.39 is 54.3 Å². The Balaban J connectivity index is 2.22. The average Bonchev–Trinajstić information content (AvgIpc) is 3.25. The number of aromatic nitrogens is 1. The fourth-order valence-electron chi connectivity index (χ4n) is 3.50. The second-order valence-corrected chi connectivity index (χ2v) is 9.18. The molecule has 0 saturated carbocycles. The molecule has 1 heterocycles. The van der Waals surface area contributed by atoms with Crippen LogP contribution in [0.5, 0.6) is 0 Å². The van der Waals surface area contributed by atoms with Gasteiger partial charge in [0.1, 0.15) is 18.6 Å². The standard InChI is InChI=1S/C23H32N6O6S/c1-36-9-8-15(24)21(33)28-17(6-7-19(25)30)23(35)29-18(22(34)27-12-20(31)32)10-13-11-26-16-5-3-2-4-14(13)16/h2-5,11,15,17-18,26H,6-10,12,24H2,1H3,(H2,25,30)(H,27,34)(H,28,33)(H,29,35)(H,31,32). The van der Waals surface area contributed by atoms with E-state index >= 15 is 0 Å². The number of nitrogens with one attached hydrogen (secondary N) is 4. The molecule has 2 rings (SSSR count). The van der Waals surface area contributed by atoms with E-state index in [4.69, 9.17) is 16.6 Å². The van der Waals surface area contributed by atoms with Crippen LogP contribution in [-0.4, -0.2) is 76.4 Å². The molecule has 36 heavy (non-hydrogen) atoms. The number of hydrogen-bond donors (Lipinski definition) is 7. The zero-order chi connectivity index (χ0) is 26.7. The molecule has 0 bridgehead atoms. The third kappa shape index (κ3) is 8.89. The number of aliphatic carboxylic acids is 1. The summed E-state index contributed by atoms with van der Waals surface area (Å²) in [5.74, 6) is -3.28. The van der Waals surface area contributed by atoms with Gasteiger partial charge in [0.25, 0.3) is 0 Å². The van der Waals surface area contributed by atoms with Gasteiger partial charge in [-0.05, 0) is 36.5 Å². The van der Waals surface area contributed by atoms with E-state index in [1.54, 1.807) is 6.20 Å². The van der Waals surface area contributed by atoms with Crippen LogP contribution in [0, 0.1) is 0 Å². The monoisotopic (exact) mass is 520 g/mol. The topological polar surface area (TPSA) is 209 Å². The summed E-state index contributed by atoms with van der Waals surface area (Å²) in [6.45, 7) is -0.634. The Labute approximate surface area is 212 Å². The molecule has 1 aromatic carbocycles. The highest BCUT2D eigenvalue weighted by Crippen LogP contribution is 2.19. The number of rotatable bonds is 15. The first-order valence-corrected chi connectivity index (χ1v) is 12.7. The van der Waals surface area contributed by atoms with Crippen molar-refractivity contribution in [3.63, 3.8) is 0 Å². The fourth-order valence-corrected chi connectivity index (χ4v) is 3.99. The molecule has 13 heteroatoms. The van der Waals surface area contributed by atoms with Gasteiger partial charge in [-0.2, -0.15) is 11.8 Å². The Morgan fingerprint density at radius 2 is 1.72 bits per heavy atom. The molecular weight excluding hydrogens is 488 g/mol. The molecule has 12 nitrogen and oxygen atoms in total. The van der Waals surface area contributed by atoms with Crippen LogP contribution in [-0.2, 0) is 30.4 Å². The molecule has 0 aliphatic heterocycles. The van der Waals surface area contributed by atoms with Crippen molar-refractivity contribution in [3.05, 3.63) is 36.0 Å². The van der Waals surface area contributed by atoms with Gasteiger partial charge in [0.05, 0.1) is 6.04 Å². The molecule has 4 amide bonds. The molecule has 2 aromatic rings. The molecule has 196 valence electrons. The van der Waals surface area contributed by atoms with Crippen LogP contribution in [0.2, 0.25) is 0 Å². The number of fused-ring (bicyclic) bond motifs is 1. The molecule has 0 spiro atoms.